The minimum Gasteiger partial charge on any atom is -0.493 e. The summed E-state index contributed by atoms with van der Waals surface area (Å²) in [6, 6.07) is 7.62. The maximum Gasteiger partial charge on any atom is 0.236 e. The molecule has 0 radical (unpaired) electrons. The van der Waals surface area contributed by atoms with Gasteiger partial charge in [0.05, 0.1) is 12.6 Å². The van der Waals surface area contributed by atoms with E-state index in [0.29, 0.717) is 24.8 Å². The van der Waals surface area contributed by atoms with Crippen LogP contribution < -0.4 is 15.8 Å². The second-order valence-corrected chi connectivity index (χ2v) is 6.63. The summed E-state index contributed by atoms with van der Waals surface area (Å²) in [5.41, 5.74) is 7.02. The van der Waals surface area contributed by atoms with Crippen molar-refractivity contribution in [2.45, 2.75) is 46.6 Å². The Balaban J connectivity index is 2.31. The molecule has 124 valence electrons. The van der Waals surface area contributed by atoms with E-state index in [1.807, 2.05) is 24.3 Å². The molecule has 1 aromatic carbocycles. The molecule has 0 spiro atoms. The molecule has 1 atom stereocenters. The molecule has 0 bridgehead atoms. The normalized spacial score (nSPS) is 12.5. The van der Waals surface area contributed by atoms with Crippen LogP contribution in [0.3, 0.4) is 0 Å². The van der Waals surface area contributed by atoms with Crippen molar-refractivity contribution in [1.29, 1.82) is 0 Å². The van der Waals surface area contributed by atoms with Crippen LogP contribution in [0.25, 0.3) is 0 Å². The van der Waals surface area contributed by atoms with E-state index < -0.39 is 6.04 Å². The number of rotatable bonds is 9. The summed E-state index contributed by atoms with van der Waals surface area (Å²) in [6.07, 6.45) is 1.51. The number of hydrogen-bond acceptors (Lipinski definition) is 3. The van der Waals surface area contributed by atoms with Crippen molar-refractivity contribution in [1.82, 2.24) is 5.32 Å². The fraction of sp³-hybridized carbons (Fsp3) is 0.611. The third-order valence-corrected chi connectivity index (χ3v) is 3.28. The molecule has 0 aliphatic carbocycles. The van der Waals surface area contributed by atoms with Gasteiger partial charge in [0.25, 0.3) is 0 Å². The van der Waals surface area contributed by atoms with Crippen LogP contribution in [0.15, 0.2) is 24.3 Å². The van der Waals surface area contributed by atoms with Gasteiger partial charge in [0.2, 0.25) is 5.91 Å². The Hall–Kier alpha value is -1.55. The second kappa shape index (κ2) is 9.46. The van der Waals surface area contributed by atoms with Crippen molar-refractivity contribution >= 4 is 5.91 Å². The summed E-state index contributed by atoms with van der Waals surface area (Å²) in [5, 5.41) is 2.90. The molecule has 1 rings (SSSR count). The van der Waals surface area contributed by atoms with Crippen LogP contribution in [-0.2, 0) is 11.2 Å². The molecule has 0 aliphatic rings. The first-order chi connectivity index (χ1) is 10.4. The average Bonchev–Trinajstić information content (AvgIpc) is 2.45. The van der Waals surface area contributed by atoms with Crippen LogP contribution in [0.1, 0.15) is 39.7 Å². The number of carbonyl (C=O) groups is 1. The lowest BCUT2D eigenvalue weighted by Gasteiger charge is -2.14. The smallest absolute Gasteiger partial charge is 0.236 e. The summed E-state index contributed by atoms with van der Waals surface area (Å²) in [5.74, 6) is 1.77. The number of nitrogens with one attached hydrogen (secondary N) is 1. The molecule has 0 aromatic heterocycles. The summed E-state index contributed by atoms with van der Waals surface area (Å²) >= 11 is 0. The molecule has 0 heterocycles. The first-order valence-corrected chi connectivity index (χ1v) is 8.13. The fourth-order valence-electron chi connectivity index (χ4n) is 2.09. The summed E-state index contributed by atoms with van der Waals surface area (Å²) in [7, 11) is 0. The van der Waals surface area contributed by atoms with Gasteiger partial charge in [-0.1, -0.05) is 39.8 Å². The van der Waals surface area contributed by atoms with E-state index in [1.54, 1.807) is 0 Å². The van der Waals surface area contributed by atoms with Gasteiger partial charge in [-0.2, -0.15) is 0 Å². The minimum atomic E-state index is -0.410. The lowest BCUT2D eigenvalue weighted by atomic mass is 10.0. The zero-order chi connectivity index (χ0) is 16.5. The van der Waals surface area contributed by atoms with Gasteiger partial charge < -0.3 is 15.8 Å². The molecule has 4 nitrogen and oxygen atoms in total. The molecule has 22 heavy (non-hydrogen) atoms. The van der Waals surface area contributed by atoms with Crippen molar-refractivity contribution in [3.8, 4) is 5.75 Å². The Kier molecular flexibility index (Phi) is 7.96. The van der Waals surface area contributed by atoms with Crippen molar-refractivity contribution in [3.63, 3.8) is 0 Å². The maximum atomic E-state index is 11.8. The summed E-state index contributed by atoms with van der Waals surface area (Å²) < 4.78 is 5.65. The van der Waals surface area contributed by atoms with E-state index in [2.05, 4.69) is 33.0 Å². The quantitative estimate of drug-likeness (QED) is 0.737. The van der Waals surface area contributed by atoms with Gasteiger partial charge in [0.1, 0.15) is 5.75 Å². The van der Waals surface area contributed by atoms with Crippen LogP contribution in [0.2, 0.25) is 0 Å². The van der Waals surface area contributed by atoms with E-state index in [-0.39, 0.29) is 5.91 Å². The molecular weight excluding hydrogens is 276 g/mol. The monoisotopic (exact) mass is 306 g/mol. The third kappa shape index (κ3) is 7.46. The topological polar surface area (TPSA) is 64.3 Å². The predicted octanol–water partition coefficient (Wildman–Crippen LogP) is 2.75. The molecular formula is C18H30N2O2. The van der Waals surface area contributed by atoms with Crippen LogP contribution in [0.5, 0.6) is 5.75 Å². The molecule has 1 amide bonds. The lowest BCUT2D eigenvalue weighted by Crippen LogP contribution is -2.42. The number of amides is 1. The van der Waals surface area contributed by atoms with Gasteiger partial charge in [0.15, 0.2) is 0 Å². The van der Waals surface area contributed by atoms with E-state index >= 15 is 0 Å². The largest absolute Gasteiger partial charge is 0.493 e. The van der Waals surface area contributed by atoms with Gasteiger partial charge in [0, 0.05) is 6.54 Å². The molecule has 0 fully saturated rings. The average molecular weight is 306 g/mol. The van der Waals surface area contributed by atoms with Crippen LogP contribution in [0.4, 0.5) is 0 Å². The zero-order valence-electron chi connectivity index (χ0n) is 14.3. The van der Waals surface area contributed by atoms with Crippen LogP contribution >= 0.6 is 0 Å². The van der Waals surface area contributed by atoms with Gasteiger partial charge in [-0.05, 0) is 42.4 Å². The van der Waals surface area contributed by atoms with Crippen molar-refractivity contribution in [3.05, 3.63) is 29.8 Å². The first kappa shape index (κ1) is 18.5. The Morgan fingerprint density at radius 1 is 1.14 bits per heavy atom. The van der Waals surface area contributed by atoms with E-state index in [0.717, 1.165) is 18.8 Å². The number of carbonyl (C=O) groups excluding carboxylic acids is 1. The summed E-state index contributed by atoms with van der Waals surface area (Å²) in [4.78, 5) is 11.8. The minimum absolute atomic E-state index is 0.0643. The van der Waals surface area contributed by atoms with Crippen molar-refractivity contribution in [2.75, 3.05) is 13.2 Å². The Morgan fingerprint density at radius 3 is 2.32 bits per heavy atom. The van der Waals surface area contributed by atoms with Gasteiger partial charge in [-0.15, -0.1) is 0 Å². The van der Waals surface area contributed by atoms with Gasteiger partial charge in [-0.25, -0.2) is 0 Å². The molecule has 0 unspecified atom stereocenters. The first-order valence-electron chi connectivity index (χ1n) is 8.13. The Bertz CT molecular complexity index is 441. The SMILES string of the molecule is CC(C)COc1ccc(CCNC(=O)[C@@H](N)CC(C)C)cc1. The maximum absolute atomic E-state index is 11.8. The molecule has 3 N–H and O–H groups in total. The molecule has 0 aliphatic heterocycles. The Morgan fingerprint density at radius 2 is 1.77 bits per heavy atom. The predicted molar refractivity (Wildman–Crippen MR) is 90.9 cm³/mol. The highest BCUT2D eigenvalue weighted by molar-refractivity contribution is 5.81. The lowest BCUT2D eigenvalue weighted by molar-refractivity contribution is -0.122. The van der Waals surface area contributed by atoms with Crippen molar-refractivity contribution < 1.29 is 9.53 Å². The molecule has 0 saturated heterocycles. The molecule has 1 aromatic rings. The van der Waals surface area contributed by atoms with E-state index in [4.69, 9.17) is 10.5 Å². The number of nitrogens with two attached hydrogens (primary N) is 1. The van der Waals surface area contributed by atoms with Gasteiger partial charge >= 0.3 is 0 Å². The number of benzene rings is 1. The zero-order valence-corrected chi connectivity index (χ0v) is 14.3. The highest BCUT2D eigenvalue weighted by atomic mass is 16.5. The van der Waals surface area contributed by atoms with E-state index in [9.17, 15) is 4.79 Å². The van der Waals surface area contributed by atoms with Crippen molar-refractivity contribution in [2.24, 2.45) is 17.6 Å². The Labute approximate surface area is 134 Å². The molecule has 0 saturated carbocycles. The standard InChI is InChI=1S/C18H30N2O2/c1-13(2)11-17(19)18(21)20-10-9-15-5-7-16(8-6-15)22-12-14(3)4/h5-8,13-14,17H,9-12,19H2,1-4H3,(H,20,21)/t17-/m0/s1. The van der Waals surface area contributed by atoms with E-state index in [1.165, 1.54) is 5.56 Å². The number of hydrogen-bond donors (Lipinski definition) is 2. The highest BCUT2D eigenvalue weighted by Gasteiger charge is 2.13. The molecule has 4 heteroatoms. The van der Waals surface area contributed by atoms with Crippen LogP contribution in [0, 0.1) is 11.8 Å². The summed E-state index contributed by atoms with van der Waals surface area (Å²) in [6.45, 7) is 9.72. The highest BCUT2D eigenvalue weighted by Crippen LogP contribution is 2.13. The second-order valence-electron chi connectivity index (χ2n) is 6.63. The fourth-order valence-corrected chi connectivity index (χ4v) is 2.09. The van der Waals surface area contributed by atoms with Crippen LogP contribution in [-0.4, -0.2) is 25.1 Å². The van der Waals surface area contributed by atoms with Gasteiger partial charge in [-0.3, -0.25) is 4.79 Å². The number of ether oxygens (including phenoxy) is 1. The third-order valence-electron chi connectivity index (χ3n) is 3.28.